The maximum absolute atomic E-state index is 10.7. The largest absolute Gasteiger partial charge is 0.338 e. The van der Waals surface area contributed by atoms with Crippen molar-refractivity contribution in [2.45, 2.75) is 39.7 Å². The number of hydrogen-bond acceptors (Lipinski definition) is 5. The van der Waals surface area contributed by atoms with E-state index in [0.29, 0.717) is 18.4 Å². The third kappa shape index (κ3) is 3.63. The van der Waals surface area contributed by atoms with E-state index in [4.69, 9.17) is 4.52 Å². The van der Waals surface area contributed by atoms with E-state index in [1.54, 1.807) is 0 Å². The van der Waals surface area contributed by atoms with Crippen LogP contribution in [0.4, 0.5) is 0 Å². The van der Waals surface area contributed by atoms with Gasteiger partial charge in [-0.15, -0.1) is 0 Å². The lowest BCUT2D eigenvalue weighted by molar-refractivity contribution is -0.112. The van der Waals surface area contributed by atoms with Gasteiger partial charge in [-0.2, -0.15) is 4.98 Å². The number of aldehydes is 1. The van der Waals surface area contributed by atoms with Crippen molar-refractivity contribution in [1.29, 1.82) is 0 Å². The van der Waals surface area contributed by atoms with Crippen LogP contribution < -0.4 is 0 Å². The van der Waals surface area contributed by atoms with E-state index < -0.39 is 0 Å². The zero-order valence-corrected chi connectivity index (χ0v) is 11.1. The van der Waals surface area contributed by atoms with Gasteiger partial charge in [0.05, 0.1) is 6.54 Å². The van der Waals surface area contributed by atoms with E-state index in [9.17, 15) is 4.79 Å². The third-order valence-corrected chi connectivity index (χ3v) is 3.28. The first-order chi connectivity index (χ1) is 8.67. The van der Waals surface area contributed by atoms with Gasteiger partial charge in [0.25, 0.3) is 0 Å². The van der Waals surface area contributed by atoms with E-state index in [0.717, 1.165) is 44.5 Å². The number of piperidine rings is 1. The SMILES string of the molecule is CC(C)Cc1noc(CN2CCC(C=O)CC2)n1. The molecule has 0 unspecified atom stereocenters. The molecule has 5 heteroatoms. The summed E-state index contributed by atoms with van der Waals surface area (Å²) in [6.07, 6.45) is 3.81. The molecule has 2 rings (SSSR count). The Balaban J connectivity index is 1.83. The van der Waals surface area contributed by atoms with Gasteiger partial charge >= 0.3 is 0 Å². The van der Waals surface area contributed by atoms with Crippen molar-refractivity contribution in [2.24, 2.45) is 11.8 Å². The standard InChI is InChI=1S/C13H21N3O2/c1-10(2)7-12-14-13(18-15-12)8-16-5-3-11(9-17)4-6-16/h9-11H,3-8H2,1-2H3. The Hall–Kier alpha value is -1.23. The normalized spacial score (nSPS) is 18.4. The minimum absolute atomic E-state index is 0.237. The van der Waals surface area contributed by atoms with Crippen LogP contribution in [0.1, 0.15) is 38.4 Å². The quantitative estimate of drug-likeness (QED) is 0.745. The molecule has 1 aromatic rings. The van der Waals surface area contributed by atoms with E-state index >= 15 is 0 Å². The average Bonchev–Trinajstić information content (AvgIpc) is 2.76. The number of aromatic nitrogens is 2. The second-order valence-electron chi connectivity index (χ2n) is 5.45. The van der Waals surface area contributed by atoms with Crippen molar-refractivity contribution >= 4 is 6.29 Å². The molecule has 0 saturated carbocycles. The molecule has 1 aromatic heterocycles. The van der Waals surface area contributed by atoms with Crippen LogP contribution in [0.2, 0.25) is 0 Å². The molecule has 0 spiro atoms. The molecule has 1 aliphatic rings. The summed E-state index contributed by atoms with van der Waals surface area (Å²) in [5, 5.41) is 3.98. The highest BCUT2D eigenvalue weighted by Gasteiger charge is 2.20. The molecule has 5 nitrogen and oxygen atoms in total. The summed E-state index contributed by atoms with van der Waals surface area (Å²) in [4.78, 5) is 17.3. The first kappa shape index (κ1) is 13.2. The molecule has 0 amide bonds. The smallest absolute Gasteiger partial charge is 0.240 e. The van der Waals surface area contributed by atoms with E-state index in [2.05, 4.69) is 28.9 Å². The van der Waals surface area contributed by atoms with Crippen molar-refractivity contribution in [3.05, 3.63) is 11.7 Å². The van der Waals surface area contributed by atoms with Gasteiger partial charge in [0, 0.05) is 12.3 Å². The Morgan fingerprint density at radius 2 is 2.17 bits per heavy atom. The Kier molecular flexibility index (Phi) is 4.47. The van der Waals surface area contributed by atoms with Crippen LogP contribution in [-0.4, -0.2) is 34.4 Å². The fraction of sp³-hybridized carbons (Fsp3) is 0.769. The highest BCUT2D eigenvalue weighted by molar-refractivity contribution is 5.53. The number of rotatable bonds is 5. The zero-order chi connectivity index (χ0) is 13.0. The molecule has 0 aliphatic carbocycles. The lowest BCUT2D eigenvalue weighted by Gasteiger charge is -2.27. The number of hydrogen-bond donors (Lipinski definition) is 0. The Morgan fingerprint density at radius 3 is 2.78 bits per heavy atom. The molecule has 1 fully saturated rings. The molecule has 0 bridgehead atoms. The molecule has 0 aromatic carbocycles. The van der Waals surface area contributed by atoms with Crippen LogP contribution in [0.15, 0.2) is 4.52 Å². The van der Waals surface area contributed by atoms with Crippen LogP contribution in [0.5, 0.6) is 0 Å². The highest BCUT2D eigenvalue weighted by atomic mass is 16.5. The number of likely N-dealkylation sites (tertiary alicyclic amines) is 1. The summed E-state index contributed by atoms with van der Waals surface area (Å²) < 4.78 is 5.25. The van der Waals surface area contributed by atoms with E-state index in [-0.39, 0.29) is 5.92 Å². The topological polar surface area (TPSA) is 59.2 Å². The van der Waals surface area contributed by atoms with Crippen LogP contribution >= 0.6 is 0 Å². The number of carbonyl (C=O) groups excluding carboxylic acids is 1. The molecule has 1 saturated heterocycles. The van der Waals surface area contributed by atoms with Crippen molar-refractivity contribution in [3.63, 3.8) is 0 Å². The Labute approximate surface area is 108 Å². The van der Waals surface area contributed by atoms with Gasteiger partial charge in [-0.1, -0.05) is 19.0 Å². The first-order valence-corrected chi connectivity index (χ1v) is 6.66. The molecule has 1 aliphatic heterocycles. The predicted molar refractivity (Wildman–Crippen MR) is 66.9 cm³/mol. The van der Waals surface area contributed by atoms with Gasteiger partial charge < -0.3 is 9.32 Å². The van der Waals surface area contributed by atoms with Crippen LogP contribution in [0, 0.1) is 11.8 Å². The lowest BCUT2D eigenvalue weighted by Crippen LogP contribution is -2.33. The van der Waals surface area contributed by atoms with Crippen LogP contribution in [0.25, 0.3) is 0 Å². The minimum atomic E-state index is 0.237. The third-order valence-electron chi connectivity index (χ3n) is 3.28. The maximum Gasteiger partial charge on any atom is 0.240 e. The highest BCUT2D eigenvalue weighted by Crippen LogP contribution is 2.16. The van der Waals surface area contributed by atoms with Gasteiger partial charge in [0.1, 0.15) is 6.29 Å². The summed E-state index contributed by atoms with van der Waals surface area (Å²) >= 11 is 0. The molecular formula is C13H21N3O2. The van der Waals surface area contributed by atoms with Crippen molar-refractivity contribution in [3.8, 4) is 0 Å². The maximum atomic E-state index is 10.7. The number of carbonyl (C=O) groups is 1. The molecule has 0 atom stereocenters. The molecule has 100 valence electrons. The van der Waals surface area contributed by atoms with Crippen LogP contribution in [0.3, 0.4) is 0 Å². The minimum Gasteiger partial charge on any atom is -0.338 e. The van der Waals surface area contributed by atoms with Crippen molar-refractivity contribution in [1.82, 2.24) is 15.0 Å². The fourth-order valence-corrected chi connectivity index (χ4v) is 2.24. The summed E-state index contributed by atoms with van der Waals surface area (Å²) in [6, 6.07) is 0. The average molecular weight is 251 g/mol. The van der Waals surface area contributed by atoms with Gasteiger partial charge in [0.15, 0.2) is 5.82 Å². The first-order valence-electron chi connectivity index (χ1n) is 6.66. The summed E-state index contributed by atoms with van der Waals surface area (Å²) in [7, 11) is 0. The summed E-state index contributed by atoms with van der Waals surface area (Å²) in [5.41, 5.74) is 0. The molecule has 0 radical (unpaired) electrons. The Bertz CT molecular complexity index is 381. The molecular weight excluding hydrogens is 230 g/mol. The van der Waals surface area contributed by atoms with Gasteiger partial charge in [-0.25, -0.2) is 0 Å². The molecule has 2 heterocycles. The summed E-state index contributed by atoms with van der Waals surface area (Å²) in [5.74, 6) is 2.26. The van der Waals surface area contributed by atoms with Gasteiger partial charge in [-0.05, 0) is 31.8 Å². The predicted octanol–water partition coefficient (Wildman–Crippen LogP) is 1.68. The fourth-order valence-electron chi connectivity index (χ4n) is 2.24. The monoisotopic (exact) mass is 251 g/mol. The van der Waals surface area contributed by atoms with Crippen molar-refractivity contribution in [2.75, 3.05) is 13.1 Å². The van der Waals surface area contributed by atoms with E-state index in [1.807, 2.05) is 0 Å². The second-order valence-corrected chi connectivity index (χ2v) is 5.45. The van der Waals surface area contributed by atoms with Gasteiger partial charge in [0.2, 0.25) is 5.89 Å². The van der Waals surface area contributed by atoms with Crippen LogP contribution in [-0.2, 0) is 17.8 Å². The Morgan fingerprint density at radius 1 is 1.44 bits per heavy atom. The lowest BCUT2D eigenvalue weighted by atomic mass is 9.99. The molecule has 18 heavy (non-hydrogen) atoms. The summed E-state index contributed by atoms with van der Waals surface area (Å²) in [6.45, 7) is 6.85. The molecule has 0 N–H and O–H groups in total. The van der Waals surface area contributed by atoms with Crippen molar-refractivity contribution < 1.29 is 9.32 Å². The second kappa shape index (κ2) is 6.09. The zero-order valence-electron chi connectivity index (χ0n) is 11.1. The van der Waals surface area contributed by atoms with Gasteiger partial charge in [-0.3, -0.25) is 4.90 Å². The number of nitrogens with zero attached hydrogens (tertiary/aromatic N) is 3. The van der Waals surface area contributed by atoms with E-state index in [1.165, 1.54) is 0 Å².